The van der Waals surface area contributed by atoms with Crippen LogP contribution < -0.4 is 14.2 Å². The van der Waals surface area contributed by atoms with Gasteiger partial charge in [0.25, 0.3) is 25.2 Å². The van der Waals surface area contributed by atoms with Gasteiger partial charge in [0.15, 0.2) is 16.3 Å². The number of rotatable bonds is 9. The third kappa shape index (κ3) is 6.20. The first kappa shape index (κ1) is 27.1. The number of benzene rings is 2. The Morgan fingerprint density at radius 3 is 2.39 bits per heavy atom. The van der Waals surface area contributed by atoms with Crippen LogP contribution in [0.15, 0.2) is 60.5 Å². The fourth-order valence-corrected chi connectivity index (χ4v) is 7.79. The number of aromatic nitrogens is 1. The summed E-state index contributed by atoms with van der Waals surface area (Å²) in [5.41, 5.74) is 3.37. The lowest BCUT2D eigenvalue weighted by Gasteiger charge is -2.17. The minimum absolute atomic E-state index is 0.0514. The number of nitrogens with zero attached hydrogens (tertiary/aromatic N) is 2. The molecule has 5 rings (SSSR count). The lowest BCUT2D eigenvalue weighted by molar-refractivity contribution is -0.668. The first-order valence-electron chi connectivity index (χ1n) is 11.4. The summed E-state index contributed by atoms with van der Waals surface area (Å²) < 4.78 is 73.9. The normalized spacial score (nSPS) is 14.8. The van der Waals surface area contributed by atoms with E-state index in [2.05, 4.69) is 0 Å². The number of hydrogen-bond acceptors (Lipinski definition) is 8. The van der Waals surface area contributed by atoms with Crippen molar-refractivity contribution in [1.82, 2.24) is 0 Å². The van der Waals surface area contributed by atoms with Gasteiger partial charge in [0, 0.05) is 19.0 Å². The van der Waals surface area contributed by atoms with E-state index < -0.39 is 31.7 Å². The number of thiazole rings is 1. The number of halogens is 1. The summed E-state index contributed by atoms with van der Waals surface area (Å²) >= 11 is 9.02. The number of hydrogen-bond donors (Lipinski definition) is 2. The van der Waals surface area contributed by atoms with Gasteiger partial charge >= 0.3 is 0 Å². The molecule has 0 bridgehead atoms. The van der Waals surface area contributed by atoms with Crippen molar-refractivity contribution in [1.29, 1.82) is 0 Å². The van der Waals surface area contributed by atoms with Crippen LogP contribution in [0.25, 0.3) is 26.7 Å². The molecule has 0 saturated heterocycles. The van der Waals surface area contributed by atoms with Crippen LogP contribution in [0, 0.1) is 0 Å². The summed E-state index contributed by atoms with van der Waals surface area (Å²) in [5, 5.41) is 0.723. The minimum atomic E-state index is -4.24. The molecule has 14 heteroatoms. The smallest absolute Gasteiger partial charge is 0.268 e. The molecule has 1 aliphatic rings. The highest BCUT2D eigenvalue weighted by molar-refractivity contribution is 7.86. The summed E-state index contributed by atoms with van der Waals surface area (Å²) in [6, 6.07) is 17.1. The van der Waals surface area contributed by atoms with E-state index in [1.165, 1.54) is 22.7 Å². The van der Waals surface area contributed by atoms with E-state index in [9.17, 15) is 21.4 Å². The largest absolute Gasteiger partial charge is 0.438 e. The third-order valence-electron chi connectivity index (χ3n) is 5.84. The topological polar surface area (TPSA) is 125 Å². The van der Waals surface area contributed by atoms with E-state index in [0.29, 0.717) is 28.2 Å². The molecule has 0 atom stereocenters. The molecule has 38 heavy (non-hydrogen) atoms. The highest BCUT2D eigenvalue weighted by atomic mass is 35.5. The number of thiophene rings is 1. The Labute approximate surface area is 232 Å². The zero-order valence-electron chi connectivity index (χ0n) is 19.7. The summed E-state index contributed by atoms with van der Waals surface area (Å²) in [5.74, 6) is -0.00902. The predicted octanol–water partition coefficient (Wildman–Crippen LogP) is 4.93. The molecule has 4 aromatic rings. The molecule has 0 amide bonds. The van der Waals surface area contributed by atoms with E-state index >= 15 is 0 Å². The fourth-order valence-electron chi connectivity index (χ4n) is 4.17. The highest BCUT2D eigenvalue weighted by Crippen LogP contribution is 2.42. The quantitative estimate of drug-likeness (QED) is 0.201. The lowest BCUT2D eigenvalue weighted by Crippen LogP contribution is -2.36. The second-order valence-electron chi connectivity index (χ2n) is 8.53. The van der Waals surface area contributed by atoms with Gasteiger partial charge in [0.1, 0.15) is 4.34 Å². The summed E-state index contributed by atoms with van der Waals surface area (Å²) in [6.07, 6.45) is 1.93. The van der Waals surface area contributed by atoms with Crippen molar-refractivity contribution in [3.05, 3.63) is 69.8 Å². The van der Waals surface area contributed by atoms with Gasteiger partial charge in [0.2, 0.25) is 11.4 Å². The lowest BCUT2D eigenvalue weighted by atomic mass is 10.0. The zero-order chi connectivity index (χ0) is 27.1. The van der Waals surface area contributed by atoms with Gasteiger partial charge in [-0.3, -0.25) is 9.11 Å². The van der Waals surface area contributed by atoms with Crippen molar-refractivity contribution >= 4 is 75.8 Å². The maximum atomic E-state index is 11.6. The van der Waals surface area contributed by atoms with Gasteiger partial charge in [0.05, 0.1) is 23.3 Å². The third-order valence-corrected chi connectivity index (χ3v) is 9.84. The van der Waals surface area contributed by atoms with Gasteiger partial charge in [-0.25, -0.2) is 0 Å². The second kappa shape index (κ2) is 10.6. The van der Waals surface area contributed by atoms with Crippen molar-refractivity contribution < 1.29 is 35.2 Å². The van der Waals surface area contributed by atoms with Crippen LogP contribution >= 0.6 is 34.3 Å². The van der Waals surface area contributed by atoms with Crippen molar-refractivity contribution in [2.24, 2.45) is 0 Å². The maximum absolute atomic E-state index is 11.6. The first-order chi connectivity index (χ1) is 18.0. The molecule has 0 fully saturated rings. The van der Waals surface area contributed by atoms with Gasteiger partial charge in [-0.05, 0) is 23.3 Å². The van der Waals surface area contributed by atoms with Crippen LogP contribution in [-0.4, -0.2) is 44.0 Å². The Bertz CT molecular complexity index is 1750. The molecule has 3 heterocycles. The van der Waals surface area contributed by atoms with Crippen molar-refractivity contribution in [2.45, 2.75) is 13.0 Å². The molecular weight excluding hydrogens is 592 g/mol. The van der Waals surface area contributed by atoms with Crippen LogP contribution in [-0.2, 0) is 26.8 Å². The van der Waals surface area contributed by atoms with Crippen LogP contribution in [0.5, 0.6) is 5.75 Å². The van der Waals surface area contributed by atoms with E-state index in [1.807, 2.05) is 53.1 Å². The van der Waals surface area contributed by atoms with Gasteiger partial charge in [-0.1, -0.05) is 59.3 Å². The molecular formula is C24H22ClN2O7S4+. The second-order valence-corrected chi connectivity index (χ2v) is 14.6. The Morgan fingerprint density at radius 2 is 1.68 bits per heavy atom. The first-order valence-corrected chi connectivity index (χ1v) is 16.6. The maximum Gasteiger partial charge on any atom is 0.268 e. The van der Waals surface area contributed by atoms with Crippen LogP contribution in [0.3, 0.4) is 0 Å². The minimum Gasteiger partial charge on any atom is -0.438 e. The van der Waals surface area contributed by atoms with Gasteiger partial charge < -0.3 is 9.64 Å². The summed E-state index contributed by atoms with van der Waals surface area (Å²) in [6.45, 7) is 0.242. The number of ether oxygens (including phenoxy) is 1. The predicted molar refractivity (Wildman–Crippen MR) is 150 cm³/mol. The molecule has 0 radical (unpaired) electrons. The van der Waals surface area contributed by atoms with E-state index in [0.717, 1.165) is 25.7 Å². The summed E-state index contributed by atoms with van der Waals surface area (Å²) in [7, 11) is -8.36. The van der Waals surface area contributed by atoms with Crippen molar-refractivity contribution in [3.8, 4) is 16.9 Å². The molecule has 0 aliphatic carbocycles. The molecule has 2 aromatic carbocycles. The summed E-state index contributed by atoms with van der Waals surface area (Å²) in [4.78, 5) is 1.69. The Balaban J connectivity index is 1.55. The molecule has 9 nitrogen and oxygen atoms in total. The molecule has 0 saturated carbocycles. The Kier molecular flexibility index (Phi) is 7.52. The van der Waals surface area contributed by atoms with E-state index in [4.69, 9.17) is 20.9 Å². The SMILES string of the molecule is O=S(=O)(O)CCC[n+]1c(C=C2Oc3ccc(-c4ccccc4)cc3N2CCS(=O)(=O)O)sc2sc(Cl)cc21. The average molecular weight is 614 g/mol. The van der Waals surface area contributed by atoms with Gasteiger partial charge in [-0.15, -0.1) is 11.3 Å². The van der Waals surface area contributed by atoms with Crippen molar-refractivity contribution in [3.63, 3.8) is 0 Å². The molecule has 0 unspecified atom stereocenters. The number of aryl methyl sites for hydroxylation is 1. The van der Waals surface area contributed by atoms with Crippen LogP contribution in [0.4, 0.5) is 5.69 Å². The number of fused-ring (bicyclic) bond motifs is 2. The molecule has 0 spiro atoms. The van der Waals surface area contributed by atoms with Crippen LogP contribution in [0.2, 0.25) is 4.34 Å². The van der Waals surface area contributed by atoms with Crippen molar-refractivity contribution in [2.75, 3.05) is 23.0 Å². The van der Waals surface area contributed by atoms with Gasteiger partial charge in [-0.2, -0.15) is 21.4 Å². The standard InChI is InChI=1S/C24H21ClN2O7S4/c25-21-14-19-24(35-21)36-23(27(19)9-4-11-37(28,29)30)15-22-26(10-12-38(31,32)33)18-13-17(7-8-20(18)34-22)16-5-2-1-3-6-16/h1-3,5-8,13-15H,4,9-12H2,(H-,28,29,30,31,32,33)/p+1. The Morgan fingerprint density at radius 1 is 0.947 bits per heavy atom. The van der Waals surface area contributed by atoms with E-state index in [-0.39, 0.29) is 13.0 Å². The molecule has 200 valence electrons. The average Bonchev–Trinajstić information content (AvgIpc) is 3.47. The fraction of sp³-hybridized carbons (Fsp3) is 0.208. The monoisotopic (exact) mass is 613 g/mol. The molecule has 1 aliphatic heterocycles. The Hall–Kier alpha value is -2.52. The van der Waals surface area contributed by atoms with E-state index in [1.54, 1.807) is 17.0 Å². The highest BCUT2D eigenvalue weighted by Gasteiger charge is 2.31. The zero-order valence-corrected chi connectivity index (χ0v) is 23.7. The molecule has 2 N–H and O–H groups in total. The van der Waals surface area contributed by atoms with Crippen LogP contribution in [0.1, 0.15) is 11.4 Å². The molecule has 2 aromatic heterocycles. The number of anilines is 1.